The van der Waals surface area contributed by atoms with Crippen molar-refractivity contribution in [3.8, 4) is 5.75 Å². The van der Waals surface area contributed by atoms with Crippen LogP contribution in [0.25, 0.3) is 0 Å². The SMILES string of the molecule is O=C(c1ccc(OC(F)F)cc1)N1CC(CO)C(CN2CCCCC2)C1. The molecule has 0 bridgehead atoms. The van der Waals surface area contributed by atoms with Crippen molar-refractivity contribution >= 4 is 5.91 Å². The van der Waals surface area contributed by atoms with E-state index >= 15 is 0 Å². The first-order chi connectivity index (χ1) is 12.6. The van der Waals surface area contributed by atoms with Crippen molar-refractivity contribution in [3.63, 3.8) is 0 Å². The summed E-state index contributed by atoms with van der Waals surface area (Å²) < 4.78 is 28.7. The van der Waals surface area contributed by atoms with Gasteiger partial charge in [-0.25, -0.2) is 0 Å². The van der Waals surface area contributed by atoms with Crippen LogP contribution in [0.3, 0.4) is 0 Å². The molecule has 2 saturated heterocycles. The monoisotopic (exact) mass is 368 g/mol. The van der Waals surface area contributed by atoms with Crippen LogP contribution < -0.4 is 4.74 Å². The number of amides is 1. The third-order valence-electron chi connectivity index (χ3n) is 5.37. The van der Waals surface area contributed by atoms with Gasteiger partial charge in [0.1, 0.15) is 5.75 Å². The van der Waals surface area contributed by atoms with Gasteiger partial charge in [-0.3, -0.25) is 4.79 Å². The molecular weight excluding hydrogens is 342 g/mol. The van der Waals surface area contributed by atoms with Crippen molar-refractivity contribution < 1.29 is 23.4 Å². The van der Waals surface area contributed by atoms with E-state index in [2.05, 4.69) is 9.64 Å². The van der Waals surface area contributed by atoms with Gasteiger partial charge >= 0.3 is 6.61 Å². The molecule has 0 aliphatic carbocycles. The van der Waals surface area contributed by atoms with Crippen LogP contribution in [0.5, 0.6) is 5.75 Å². The highest BCUT2D eigenvalue weighted by atomic mass is 19.3. The maximum atomic E-state index is 12.7. The molecule has 2 aliphatic rings. The van der Waals surface area contributed by atoms with Crippen LogP contribution in [-0.4, -0.2) is 66.8 Å². The Bertz CT molecular complexity index is 591. The number of halogens is 2. The Labute approximate surface area is 152 Å². The first-order valence-electron chi connectivity index (χ1n) is 9.24. The number of hydrogen-bond donors (Lipinski definition) is 1. The normalized spacial score (nSPS) is 24.2. The van der Waals surface area contributed by atoms with Gasteiger partial charge in [-0.2, -0.15) is 8.78 Å². The van der Waals surface area contributed by atoms with Gasteiger partial charge in [0.25, 0.3) is 5.91 Å². The van der Waals surface area contributed by atoms with Crippen LogP contribution in [-0.2, 0) is 0 Å². The fraction of sp³-hybridized carbons (Fsp3) is 0.632. The number of likely N-dealkylation sites (tertiary alicyclic amines) is 2. The Morgan fingerprint density at radius 1 is 1.12 bits per heavy atom. The number of ether oxygens (including phenoxy) is 1. The van der Waals surface area contributed by atoms with Crippen LogP contribution in [0.15, 0.2) is 24.3 Å². The van der Waals surface area contributed by atoms with Gasteiger partial charge in [0.15, 0.2) is 0 Å². The van der Waals surface area contributed by atoms with E-state index in [1.807, 2.05) is 0 Å². The van der Waals surface area contributed by atoms with Crippen LogP contribution in [0.4, 0.5) is 8.78 Å². The first-order valence-corrected chi connectivity index (χ1v) is 9.24. The highest BCUT2D eigenvalue weighted by Gasteiger charge is 2.36. The first kappa shape index (κ1) is 19.0. The van der Waals surface area contributed by atoms with E-state index in [0.717, 1.165) is 19.6 Å². The molecular formula is C19H26F2N2O3. The molecule has 0 radical (unpaired) electrons. The number of carbonyl (C=O) groups excluding carboxylic acids is 1. The Morgan fingerprint density at radius 3 is 2.38 bits per heavy atom. The number of nitrogens with zero attached hydrogens (tertiary/aromatic N) is 2. The third-order valence-corrected chi connectivity index (χ3v) is 5.37. The highest BCUT2D eigenvalue weighted by Crippen LogP contribution is 2.27. The summed E-state index contributed by atoms with van der Waals surface area (Å²) in [5, 5.41) is 9.71. The lowest BCUT2D eigenvalue weighted by molar-refractivity contribution is -0.0498. The maximum Gasteiger partial charge on any atom is 0.387 e. The molecule has 7 heteroatoms. The van der Waals surface area contributed by atoms with Gasteiger partial charge in [-0.1, -0.05) is 6.42 Å². The van der Waals surface area contributed by atoms with E-state index in [1.54, 1.807) is 4.90 Å². The average Bonchev–Trinajstić information content (AvgIpc) is 3.05. The fourth-order valence-electron chi connectivity index (χ4n) is 3.95. The molecule has 0 saturated carbocycles. The van der Waals surface area contributed by atoms with Crippen LogP contribution in [0.1, 0.15) is 29.6 Å². The molecule has 2 atom stereocenters. The number of alkyl halides is 2. The lowest BCUT2D eigenvalue weighted by atomic mass is 9.95. The zero-order valence-corrected chi connectivity index (χ0v) is 14.8. The van der Waals surface area contributed by atoms with Crippen LogP contribution in [0, 0.1) is 11.8 Å². The lowest BCUT2D eigenvalue weighted by Gasteiger charge is -2.30. The number of benzene rings is 1. The van der Waals surface area contributed by atoms with Gasteiger partial charge in [0, 0.05) is 37.7 Å². The van der Waals surface area contributed by atoms with Gasteiger partial charge in [-0.05, 0) is 56.1 Å². The molecule has 1 N–H and O–H groups in total. The smallest absolute Gasteiger partial charge is 0.387 e. The summed E-state index contributed by atoms with van der Waals surface area (Å²) in [5.74, 6) is 0.258. The summed E-state index contributed by atoms with van der Waals surface area (Å²) in [6, 6.07) is 5.77. The molecule has 2 heterocycles. The number of rotatable bonds is 6. The number of hydrogen-bond acceptors (Lipinski definition) is 4. The van der Waals surface area contributed by atoms with Crippen molar-refractivity contribution in [3.05, 3.63) is 29.8 Å². The molecule has 2 unspecified atom stereocenters. The molecule has 5 nitrogen and oxygen atoms in total. The number of carbonyl (C=O) groups is 1. The second kappa shape index (κ2) is 8.77. The minimum Gasteiger partial charge on any atom is -0.435 e. The molecule has 0 spiro atoms. The summed E-state index contributed by atoms with van der Waals surface area (Å²) in [5.41, 5.74) is 0.446. The average molecular weight is 368 g/mol. The standard InChI is InChI=1S/C19H26F2N2O3/c20-19(21)26-17-6-4-14(5-7-17)18(25)23-11-15(16(12-23)13-24)10-22-8-2-1-3-9-22/h4-7,15-16,19,24H,1-3,8-13H2. The zero-order valence-electron chi connectivity index (χ0n) is 14.8. The summed E-state index contributed by atoms with van der Waals surface area (Å²) in [4.78, 5) is 16.9. The largest absolute Gasteiger partial charge is 0.435 e. The van der Waals surface area contributed by atoms with Crippen molar-refractivity contribution in [1.82, 2.24) is 9.80 Å². The Hall–Kier alpha value is -1.73. The summed E-state index contributed by atoms with van der Waals surface area (Å²) >= 11 is 0. The minimum atomic E-state index is -2.88. The minimum absolute atomic E-state index is 0.0363. The lowest BCUT2D eigenvalue weighted by Crippen LogP contribution is -2.37. The zero-order chi connectivity index (χ0) is 18.5. The molecule has 2 aliphatic heterocycles. The Balaban J connectivity index is 1.60. The predicted molar refractivity (Wildman–Crippen MR) is 93.3 cm³/mol. The second-order valence-electron chi connectivity index (χ2n) is 7.18. The maximum absolute atomic E-state index is 12.7. The van der Waals surface area contributed by atoms with Gasteiger partial charge in [-0.15, -0.1) is 0 Å². The van der Waals surface area contributed by atoms with E-state index in [0.29, 0.717) is 18.7 Å². The van der Waals surface area contributed by atoms with Crippen molar-refractivity contribution in [2.75, 3.05) is 39.3 Å². The van der Waals surface area contributed by atoms with Gasteiger partial charge < -0.3 is 19.6 Å². The topological polar surface area (TPSA) is 53.0 Å². The van der Waals surface area contributed by atoms with E-state index in [1.165, 1.54) is 43.5 Å². The van der Waals surface area contributed by atoms with Crippen LogP contribution >= 0.6 is 0 Å². The molecule has 2 fully saturated rings. The molecule has 3 rings (SSSR count). The molecule has 1 amide bonds. The summed E-state index contributed by atoms with van der Waals surface area (Å²) in [6.07, 6.45) is 3.71. The third kappa shape index (κ3) is 4.71. The summed E-state index contributed by atoms with van der Waals surface area (Å²) in [6.45, 7) is 1.44. The van der Waals surface area contributed by atoms with E-state index in [-0.39, 0.29) is 30.1 Å². The summed E-state index contributed by atoms with van der Waals surface area (Å²) in [7, 11) is 0. The number of aliphatic hydroxyl groups is 1. The van der Waals surface area contributed by atoms with Gasteiger partial charge in [0.05, 0.1) is 0 Å². The van der Waals surface area contributed by atoms with Gasteiger partial charge in [0.2, 0.25) is 0 Å². The number of piperidine rings is 1. The van der Waals surface area contributed by atoms with E-state index in [4.69, 9.17) is 0 Å². The quantitative estimate of drug-likeness (QED) is 0.838. The Morgan fingerprint density at radius 2 is 1.77 bits per heavy atom. The van der Waals surface area contributed by atoms with Crippen molar-refractivity contribution in [1.29, 1.82) is 0 Å². The van der Waals surface area contributed by atoms with Crippen LogP contribution in [0.2, 0.25) is 0 Å². The van der Waals surface area contributed by atoms with E-state index < -0.39 is 6.61 Å². The van der Waals surface area contributed by atoms with Crippen molar-refractivity contribution in [2.45, 2.75) is 25.9 Å². The predicted octanol–water partition coefficient (Wildman–Crippen LogP) is 2.45. The molecule has 1 aromatic rings. The van der Waals surface area contributed by atoms with Crippen molar-refractivity contribution in [2.24, 2.45) is 11.8 Å². The highest BCUT2D eigenvalue weighted by molar-refractivity contribution is 5.94. The molecule has 0 aromatic heterocycles. The fourth-order valence-corrected chi connectivity index (χ4v) is 3.95. The molecule has 144 valence electrons. The molecule has 26 heavy (non-hydrogen) atoms. The Kier molecular flexibility index (Phi) is 6.43. The number of aliphatic hydroxyl groups excluding tert-OH is 1. The molecule has 1 aromatic carbocycles. The second-order valence-corrected chi connectivity index (χ2v) is 7.18. The van der Waals surface area contributed by atoms with E-state index in [9.17, 15) is 18.7 Å².